The fourth-order valence-electron chi connectivity index (χ4n) is 1.67. The molecule has 2 heterocycles. The summed E-state index contributed by atoms with van der Waals surface area (Å²) in [6.45, 7) is 5.46. The second-order valence-electron chi connectivity index (χ2n) is 4.41. The number of sulfonamides is 1. The Labute approximate surface area is 127 Å². The van der Waals surface area contributed by atoms with Gasteiger partial charge in [0.25, 0.3) is 0 Å². The van der Waals surface area contributed by atoms with Gasteiger partial charge in [-0.05, 0) is 12.6 Å². The van der Waals surface area contributed by atoms with Crippen LogP contribution in [0.5, 0.6) is 0 Å². The molecule has 0 fully saturated rings. The molecule has 2 aromatic heterocycles. The molecule has 0 saturated heterocycles. The van der Waals surface area contributed by atoms with Crippen molar-refractivity contribution in [3.05, 3.63) is 28.0 Å². The summed E-state index contributed by atoms with van der Waals surface area (Å²) in [7, 11) is -3.48. The van der Waals surface area contributed by atoms with Crippen LogP contribution in [-0.2, 0) is 23.0 Å². The molecular formula is C12H18N4O3S2. The van der Waals surface area contributed by atoms with Gasteiger partial charge in [-0.25, -0.2) is 13.1 Å². The van der Waals surface area contributed by atoms with Crippen molar-refractivity contribution in [3.8, 4) is 0 Å². The normalized spacial score (nSPS) is 11.9. The number of hydrogen-bond donors (Lipinski definition) is 2. The first-order valence-corrected chi connectivity index (χ1v) is 8.94. The molecule has 0 aliphatic rings. The zero-order chi connectivity index (χ0) is 15.3. The van der Waals surface area contributed by atoms with Crippen molar-refractivity contribution < 1.29 is 12.9 Å². The second-order valence-corrected chi connectivity index (χ2v) is 7.17. The zero-order valence-corrected chi connectivity index (χ0v) is 13.6. The first-order chi connectivity index (χ1) is 10.0. The summed E-state index contributed by atoms with van der Waals surface area (Å²) in [4.78, 5) is 5.31. The number of hydrogen-bond acceptors (Lipinski definition) is 7. The number of nitrogens with zero attached hydrogens (tertiary/aromatic N) is 2. The van der Waals surface area contributed by atoms with Crippen molar-refractivity contribution in [3.63, 3.8) is 0 Å². The van der Waals surface area contributed by atoms with Gasteiger partial charge in [-0.2, -0.15) is 4.98 Å². The van der Waals surface area contributed by atoms with Crippen LogP contribution in [0.1, 0.15) is 23.5 Å². The Balaban J connectivity index is 1.90. The molecule has 0 aliphatic carbocycles. The molecular weight excluding hydrogens is 312 g/mol. The molecule has 21 heavy (non-hydrogen) atoms. The fraction of sp³-hybridized carbons (Fsp3) is 0.500. The van der Waals surface area contributed by atoms with Crippen molar-refractivity contribution in [1.29, 1.82) is 0 Å². The summed E-state index contributed by atoms with van der Waals surface area (Å²) in [5.41, 5.74) is 0. The van der Waals surface area contributed by atoms with Crippen molar-refractivity contribution >= 4 is 21.4 Å². The highest BCUT2D eigenvalue weighted by Gasteiger charge is 2.16. The standard InChI is InChI=1S/C12H18N4O3S2/c1-3-13-7-10-6-11(8-20-10)21(17,18)14-5-4-12-15-9(2)19-16-12/h6,8,13-14H,3-5,7H2,1-2H3. The molecule has 0 amide bonds. The molecule has 2 N–H and O–H groups in total. The molecule has 2 aromatic rings. The lowest BCUT2D eigenvalue weighted by Crippen LogP contribution is -2.25. The van der Waals surface area contributed by atoms with E-state index in [1.54, 1.807) is 18.4 Å². The van der Waals surface area contributed by atoms with Crippen LogP contribution >= 0.6 is 11.3 Å². The average molecular weight is 330 g/mol. The average Bonchev–Trinajstić information content (AvgIpc) is 3.06. The molecule has 116 valence electrons. The lowest BCUT2D eigenvalue weighted by Gasteiger charge is -2.03. The quantitative estimate of drug-likeness (QED) is 0.751. The van der Waals surface area contributed by atoms with Crippen molar-refractivity contribution in [2.75, 3.05) is 13.1 Å². The van der Waals surface area contributed by atoms with Gasteiger partial charge in [0.05, 0.1) is 4.90 Å². The lowest BCUT2D eigenvalue weighted by atomic mass is 10.4. The molecule has 0 saturated carbocycles. The van der Waals surface area contributed by atoms with E-state index in [-0.39, 0.29) is 6.54 Å². The number of thiophene rings is 1. The summed E-state index contributed by atoms with van der Waals surface area (Å²) in [5.74, 6) is 0.965. The molecule has 0 spiro atoms. The maximum absolute atomic E-state index is 12.1. The van der Waals surface area contributed by atoms with Crippen LogP contribution in [0.15, 0.2) is 20.9 Å². The van der Waals surface area contributed by atoms with Crippen LogP contribution < -0.4 is 10.0 Å². The van der Waals surface area contributed by atoms with Crippen LogP contribution in [0.2, 0.25) is 0 Å². The Bertz CT molecular complexity index is 678. The van der Waals surface area contributed by atoms with Gasteiger partial charge in [0.1, 0.15) is 0 Å². The van der Waals surface area contributed by atoms with Gasteiger partial charge in [-0.15, -0.1) is 11.3 Å². The Morgan fingerprint density at radius 2 is 2.24 bits per heavy atom. The predicted molar refractivity (Wildman–Crippen MR) is 79.6 cm³/mol. The summed E-state index contributed by atoms with van der Waals surface area (Å²) in [6, 6.07) is 1.69. The van der Waals surface area contributed by atoms with Crippen LogP contribution in [-0.4, -0.2) is 31.6 Å². The number of rotatable bonds is 8. The van der Waals surface area contributed by atoms with E-state index in [0.29, 0.717) is 29.6 Å². The molecule has 2 rings (SSSR count). The fourth-order valence-corrected chi connectivity index (χ4v) is 3.94. The van der Waals surface area contributed by atoms with E-state index in [1.807, 2.05) is 6.92 Å². The van der Waals surface area contributed by atoms with Crippen LogP contribution in [0, 0.1) is 6.92 Å². The van der Waals surface area contributed by atoms with E-state index in [4.69, 9.17) is 4.52 Å². The molecule has 0 aliphatic heterocycles. The maximum atomic E-state index is 12.1. The lowest BCUT2D eigenvalue weighted by molar-refractivity contribution is 0.387. The van der Waals surface area contributed by atoms with Gasteiger partial charge in [0, 0.05) is 36.7 Å². The Morgan fingerprint density at radius 1 is 1.43 bits per heavy atom. The van der Waals surface area contributed by atoms with E-state index in [2.05, 4.69) is 20.2 Å². The number of aryl methyl sites for hydroxylation is 1. The van der Waals surface area contributed by atoms with Crippen LogP contribution in [0.4, 0.5) is 0 Å². The van der Waals surface area contributed by atoms with E-state index in [0.717, 1.165) is 11.4 Å². The Kier molecular flexibility index (Phi) is 5.45. The Hall–Kier alpha value is -1.29. The zero-order valence-electron chi connectivity index (χ0n) is 11.9. The minimum absolute atomic E-state index is 0.236. The molecule has 7 nitrogen and oxygen atoms in total. The van der Waals surface area contributed by atoms with Crippen LogP contribution in [0.25, 0.3) is 0 Å². The summed E-state index contributed by atoms with van der Waals surface area (Å²) < 4.78 is 31.6. The van der Waals surface area contributed by atoms with E-state index in [9.17, 15) is 8.42 Å². The predicted octanol–water partition coefficient (Wildman–Crippen LogP) is 1.07. The molecule has 0 bridgehead atoms. The molecule has 0 atom stereocenters. The number of nitrogens with one attached hydrogen (secondary N) is 2. The minimum atomic E-state index is -3.48. The van der Waals surface area contributed by atoms with Gasteiger partial charge in [0.15, 0.2) is 5.82 Å². The minimum Gasteiger partial charge on any atom is -0.340 e. The second kappa shape index (κ2) is 7.12. The summed E-state index contributed by atoms with van der Waals surface area (Å²) >= 11 is 1.43. The first-order valence-electron chi connectivity index (χ1n) is 6.58. The third-order valence-electron chi connectivity index (χ3n) is 2.70. The van der Waals surface area contributed by atoms with Crippen molar-refractivity contribution in [2.45, 2.75) is 31.7 Å². The van der Waals surface area contributed by atoms with Gasteiger partial charge >= 0.3 is 0 Å². The smallest absolute Gasteiger partial charge is 0.241 e. The molecule has 0 aromatic carbocycles. The van der Waals surface area contributed by atoms with Gasteiger partial charge in [-0.3, -0.25) is 0 Å². The van der Waals surface area contributed by atoms with E-state index < -0.39 is 10.0 Å². The van der Waals surface area contributed by atoms with Gasteiger partial charge in [0.2, 0.25) is 15.9 Å². The largest absolute Gasteiger partial charge is 0.340 e. The Morgan fingerprint density at radius 3 is 2.90 bits per heavy atom. The third kappa shape index (κ3) is 4.60. The van der Waals surface area contributed by atoms with E-state index >= 15 is 0 Å². The van der Waals surface area contributed by atoms with Gasteiger partial charge in [-0.1, -0.05) is 12.1 Å². The van der Waals surface area contributed by atoms with Crippen molar-refractivity contribution in [1.82, 2.24) is 20.2 Å². The topological polar surface area (TPSA) is 97.1 Å². The summed E-state index contributed by atoms with van der Waals surface area (Å²) in [5, 5.41) is 8.53. The monoisotopic (exact) mass is 330 g/mol. The highest BCUT2D eigenvalue weighted by Crippen LogP contribution is 2.19. The molecule has 0 radical (unpaired) electrons. The molecule has 0 unspecified atom stereocenters. The molecule has 9 heteroatoms. The van der Waals surface area contributed by atoms with Crippen LogP contribution in [0.3, 0.4) is 0 Å². The van der Waals surface area contributed by atoms with E-state index in [1.165, 1.54) is 11.3 Å². The third-order valence-corrected chi connectivity index (χ3v) is 5.23. The maximum Gasteiger partial charge on any atom is 0.241 e. The highest BCUT2D eigenvalue weighted by atomic mass is 32.2. The highest BCUT2D eigenvalue weighted by molar-refractivity contribution is 7.89. The first kappa shape index (κ1) is 16.1. The van der Waals surface area contributed by atoms with Gasteiger partial charge < -0.3 is 9.84 Å². The SMILES string of the molecule is CCNCc1cc(S(=O)(=O)NCCc2noc(C)n2)cs1. The van der Waals surface area contributed by atoms with Crippen molar-refractivity contribution in [2.24, 2.45) is 0 Å². The summed E-state index contributed by atoms with van der Waals surface area (Å²) in [6.07, 6.45) is 0.394. The number of aromatic nitrogens is 2.